The van der Waals surface area contributed by atoms with E-state index in [1.807, 2.05) is 0 Å². The molecule has 86 valence electrons. The molecular formula is C14H20N2. The molecule has 3 unspecified atom stereocenters. The highest BCUT2D eigenvalue weighted by molar-refractivity contribution is 5.20. The Morgan fingerprint density at radius 3 is 2.88 bits per heavy atom. The van der Waals surface area contributed by atoms with E-state index in [9.17, 15) is 0 Å². The average molecular weight is 216 g/mol. The summed E-state index contributed by atoms with van der Waals surface area (Å²) < 4.78 is 0. The molecule has 0 aromatic heterocycles. The van der Waals surface area contributed by atoms with Crippen LogP contribution in [0.2, 0.25) is 0 Å². The first-order valence-corrected chi connectivity index (χ1v) is 6.32. The molecule has 3 rings (SSSR count). The Hall–Kier alpha value is -0.860. The van der Waals surface area contributed by atoms with Crippen molar-refractivity contribution in [2.75, 3.05) is 6.54 Å². The van der Waals surface area contributed by atoms with Crippen LogP contribution in [0.25, 0.3) is 0 Å². The zero-order valence-corrected chi connectivity index (χ0v) is 9.65. The van der Waals surface area contributed by atoms with Gasteiger partial charge in [-0.1, -0.05) is 30.3 Å². The molecule has 2 heteroatoms. The molecule has 0 radical (unpaired) electrons. The van der Waals surface area contributed by atoms with E-state index in [2.05, 4.69) is 35.6 Å². The second-order valence-electron chi connectivity index (χ2n) is 5.48. The van der Waals surface area contributed by atoms with Gasteiger partial charge in [-0.2, -0.15) is 0 Å². The lowest BCUT2D eigenvalue weighted by Crippen LogP contribution is -2.59. The Balaban J connectivity index is 1.78. The molecule has 2 fully saturated rings. The van der Waals surface area contributed by atoms with Crippen molar-refractivity contribution in [2.24, 2.45) is 11.7 Å². The van der Waals surface area contributed by atoms with Crippen LogP contribution in [0.3, 0.4) is 0 Å². The molecule has 1 aliphatic heterocycles. The lowest BCUT2D eigenvalue weighted by molar-refractivity contribution is 0.219. The number of nitrogens with one attached hydrogen (secondary N) is 1. The number of rotatable bonds is 2. The maximum atomic E-state index is 6.61. The minimum atomic E-state index is -0.0195. The molecule has 1 saturated heterocycles. The smallest absolute Gasteiger partial charge is 0.0350 e. The molecule has 2 aliphatic rings. The number of hydrogen-bond donors (Lipinski definition) is 2. The van der Waals surface area contributed by atoms with Crippen molar-refractivity contribution in [1.29, 1.82) is 0 Å². The molecule has 0 amide bonds. The summed E-state index contributed by atoms with van der Waals surface area (Å²) in [7, 11) is 0. The number of fused-ring (bicyclic) bond motifs is 2. The third-order valence-corrected chi connectivity index (χ3v) is 4.34. The highest BCUT2D eigenvalue weighted by atomic mass is 15.0. The zero-order chi connectivity index (χ0) is 11.0. The first-order chi connectivity index (χ1) is 7.76. The standard InChI is InChI=1S/C14H20N2/c15-14(9-11-4-2-1-3-5-11)10-16-13-7-6-12(14)8-13/h1-5,12-13,16H,6-10,15H2. The minimum absolute atomic E-state index is 0.0195. The quantitative estimate of drug-likeness (QED) is 0.789. The fourth-order valence-corrected chi connectivity index (χ4v) is 3.35. The summed E-state index contributed by atoms with van der Waals surface area (Å²) in [5, 5.41) is 3.60. The van der Waals surface area contributed by atoms with Crippen molar-refractivity contribution in [3.05, 3.63) is 35.9 Å². The number of benzene rings is 1. The summed E-state index contributed by atoms with van der Waals surface area (Å²) in [6.45, 7) is 0.983. The Bertz CT molecular complexity index is 362. The predicted molar refractivity (Wildman–Crippen MR) is 66.2 cm³/mol. The molecule has 1 aromatic rings. The SMILES string of the molecule is NC1(Cc2ccccc2)CNC2CCC1C2. The van der Waals surface area contributed by atoms with Crippen molar-refractivity contribution in [2.45, 2.75) is 37.3 Å². The van der Waals surface area contributed by atoms with Crippen molar-refractivity contribution in [3.8, 4) is 0 Å². The lowest BCUT2D eigenvalue weighted by Gasteiger charge is -2.40. The largest absolute Gasteiger partial charge is 0.324 e. The monoisotopic (exact) mass is 216 g/mol. The van der Waals surface area contributed by atoms with Crippen molar-refractivity contribution in [3.63, 3.8) is 0 Å². The first-order valence-electron chi connectivity index (χ1n) is 6.32. The summed E-state index contributed by atoms with van der Waals surface area (Å²) in [6.07, 6.45) is 4.92. The van der Waals surface area contributed by atoms with Gasteiger partial charge in [0.15, 0.2) is 0 Å². The van der Waals surface area contributed by atoms with Crippen LogP contribution in [-0.2, 0) is 6.42 Å². The number of piperidine rings is 1. The highest BCUT2D eigenvalue weighted by Crippen LogP contribution is 2.38. The minimum Gasteiger partial charge on any atom is -0.324 e. The second-order valence-corrected chi connectivity index (χ2v) is 5.48. The maximum Gasteiger partial charge on any atom is 0.0350 e. The van der Waals surface area contributed by atoms with Gasteiger partial charge in [-0.25, -0.2) is 0 Å². The van der Waals surface area contributed by atoms with E-state index in [1.165, 1.54) is 24.8 Å². The topological polar surface area (TPSA) is 38.0 Å². The van der Waals surface area contributed by atoms with E-state index in [1.54, 1.807) is 0 Å². The summed E-state index contributed by atoms with van der Waals surface area (Å²) in [5.74, 6) is 0.721. The van der Waals surface area contributed by atoms with Gasteiger partial charge in [-0.15, -0.1) is 0 Å². The summed E-state index contributed by atoms with van der Waals surface area (Å²) in [5.41, 5.74) is 7.96. The molecule has 3 N–H and O–H groups in total. The zero-order valence-electron chi connectivity index (χ0n) is 9.65. The first kappa shape index (κ1) is 10.3. The van der Waals surface area contributed by atoms with Crippen LogP contribution >= 0.6 is 0 Å². The van der Waals surface area contributed by atoms with Gasteiger partial charge in [-0.3, -0.25) is 0 Å². The van der Waals surface area contributed by atoms with E-state index in [4.69, 9.17) is 5.73 Å². The van der Waals surface area contributed by atoms with E-state index in [0.717, 1.165) is 24.9 Å². The maximum absolute atomic E-state index is 6.61. The van der Waals surface area contributed by atoms with Gasteiger partial charge in [0.2, 0.25) is 0 Å². The van der Waals surface area contributed by atoms with Crippen LogP contribution in [0, 0.1) is 5.92 Å². The Morgan fingerprint density at radius 1 is 1.25 bits per heavy atom. The van der Waals surface area contributed by atoms with Crippen molar-refractivity contribution >= 4 is 0 Å². The van der Waals surface area contributed by atoms with Gasteiger partial charge in [0.05, 0.1) is 0 Å². The van der Waals surface area contributed by atoms with Crippen LogP contribution in [0.5, 0.6) is 0 Å². The highest BCUT2D eigenvalue weighted by Gasteiger charge is 2.43. The molecule has 1 saturated carbocycles. The molecule has 2 bridgehead atoms. The number of hydrogen-bond acceptors (Lipinski definition) is 2. The fraction of sp³-hybridized carbons (Fsp3) is 0.571. The van der Waals surface area contributed by atoms with E-state index in [-0.39, 0.29) is 5.54 Å². The van der Waals surface area contributed by atoms with Gasteiger partial charge < -0.3 is 11.1 Å². The van der Waals surface area contributed by atoms with Crippen LogP contribution in [0.15, 0.2) is 30.3 Å². The molecule has 0 spiro atoms. The molecule has 3 atom stereocenters. The lowest BCUT2D eigenvalue weighted by atomic mass is 9.77. The Kier molecular flexibility index (Phi) is 2.49. The van der Waals surface area contributed by atoms with Crippen LogP contribution in [0.1, 0.15) is 24.8 Å². The number of nitrogens with two attached hydrogens (primary N) is 1. The predicted octanol–water partition coefficient (Wildman–Crippen LogP) is 1.70. The molecular weight excluding hydrogens is 196 g/mol. The molecule has 2 nitrogen and oxygen atoms in total. The van der Waals surface area contributed by atoms with E-state index < -0.39 is 0 Å². The normalized spacial score (nSPS) is 37.6. The summed E-state index contributed by atoms with van der Waals surface area (Å²) in [6, 6.07) is 11.4. The van der Waals surface area contributed by atoms with Gasteiger partial charge in [-0.05, 0) is 37.2 Å². The Labute approximate surface area is 97.2 Å². The van der Waals surface area contributed by atoms with Gasteiger partial charge >= 0.3 is 0 Å². The third kappa shape index (κ3) is 1.76. The molecule has 1 heterocycles. The molecule has 1 aromatic carbocycles. The van der Waals surface area contributed by atoms with Crippen molar-refractivity contribution < 1.29 is 0 Å². The van der Waals surface area contributed by atoms with Crippen LogP contribution in [0.4, 0.5) is 0 Å². The summed E-state index contributed by atoms with van der Waals surface area (Å²) in [4.78, 5) is 0. The van der Waals surface area contributed by atoms with Gasteiger partial charge in [0.25, 0.3) is 0 Å². The summed E-state index contributed by atoms with van der Waals surface area (Å²) >= 11 is 0. The van der Waals surface area contributed by atoms with Gasteiger partial charge in [0, 0.05) is 18.1 Å². The van der Waals surface area contributed by atoms with E-state index >= 15 is 0 Å². The molecule has 16 heavy (non-hydrogen) atoms. The third-order valence-electron chi connectivity index (χ3n) is 4.34. The second kappa shape index (κ2) is 3.86. The molecule has 1 aliphatic carbocycles. The average Bonchev–Trinajstić information content (AvgIpc) is 2.72. The van der Waals surface area contributed by atoms with Crippen molar-refractivity contribution in [1.82, 2.24) is 5.32 Å². The fourth-order valence-electron chi connectivity index (χ4n) is 3.35. The van der Waals surface area contributed by atoms with Gasteiger partial charge in [0.1, 0.15) is 0 Å². The van der Waals surface area contributed by atoms with E-state index in [0.29, 0.717) is 0 Å². The Morgan fingerprint density at radius 2 is 2.06 bits per heavy atom. The van der Waals surface area contributed by atoms with Crippen LogP contribution < -0.4 is 11.1 Å². The van der Waals surface area contributed by atoms with Crippen LogP contribution in [-0.4, -0.2) is 18.1 Å².